The summed E-state index contributed by atoms with van der Waals surface area (Å²) in [5.74, 6) is -2.82. The van der Waals surface area contributed by atoms with E-state index in [1.165, 1.54) is 21.0 Å². The molecule has 2 aliphatic rings. The molecular weight excluding hydrogens is 628 g/mol. The van der Waals surface area contributed by atoms with Crippen molar-refractivity contribution in [1.82, 2.24) is 10.6 Å². The van der Waals surface area contributed by atoms with Gasteiger partial charge < -0.3 is 44.8 Å². The molecule has 4 N–H and O–H groups in total. The minimum atomic E-state index is -1.19. The number of ether oxygens (including phenoxy) is 6. The number of nitrogens with one attached hydrogen (secondary N) is 2. The summed E-state index contributed by atoms with van der Waals surface area (Å²) in [7, 11) is 1.20. The quantitative estimate of drug-likeness (QED) is 0.108. The van der Waals surface area contributed by atoms with Gasteiger partial charge in [0, 0.05) is 16.9 Å². The van der Waals surface area contributed by atoms with Crippen LogP contribution in [0.25, 0.3) is 10.4 Å². The Morgan fingerprint density at radius 1 is 1.02 bits per heavy atom. The lowest BCUT2D eigenvalue weighted by atomic mass is 9.95. The zero-order valence-corrected chi connectivity index (χ0v) is 26.8. The van der Waals surface area contributed by atoms with E-state index in [1.54, 1.807) is 0 Å². The summed E-state index contributed by atoms with van der Waals surface area (Å²) in [5, 5.41) is 8.93. The first kappa shape index (κ1) is 36.3. The Bertz CT molecular complexity index is 1440. The molecule has 0 saturated carbocycles. The highest BCUT2D eigenvalue weighted by atomic mass is 16.8. The molecule has 3 unspecified atom stereocenters. The first-order valence-corrected chi connectivity index (χ1v) is 15.4. The molecular formula is C32H40N6O10. The second kappa shape index (κ2) is 17.5. The Kier molecular flexibility index (Phi) is 13.3. The van der Waals surface area contributed by atoms with Crippen LogP contribution in [0.4, 0.5) is 0 Å². The van der Waals surface area contributed by atoms with Gasteiger partial charge in [-0.3, -0.25) is 19.2 Å². The standard InChI is InChI=1S/C32H40N6O10/c1-18(29(41)36-22(28(33)40)14-15-24(39)43-3)35-30(42)19(2)46-27-25(37-38-34)32(44-16-20-10-6-4-7-11-20)47-23-17-45-31(48-26(23)27)21-12-8-5-9-13-21/h4-13,18-19,22-23,25-27,31-32H,14-17H2,1-3H3,(H2,33,40)(H,35,42)(H,36,41)/t18?,19?,22?,23-,25-,26-,27-,31+,32+/m1/s1. The van der Waals surface area contributed by atoms with Gasteiger partial charge in [0.1, 0.15) is 42.5 Å². The first-order chi connectivity index (χ1) is 23.1. The van der Waals surface area contributed by atoms with Crippen LogP contribution >= 0.6 is 0 Å². The highest BCUT2D eigenvalue weighted by Crippen LogP contribution is 2.37. The summed E-state index contributed by atoms with van der Waals surface area (Å²) in [6, 6.07) is 15.2. The topological polar surface area (TPSA) is 222 Å². The van der Waals surface area contributed by atoms with Crippen LogP contribution < -0.4 is 16.4 Å². The molecule has 2 fully saturated rings. The van der Waals surface area contributed by atoms with Crippen molar-refractivity contribution in [1.29, 1.82) is 0 Å². The number of methoxy groups -OCH3 is 1. The fourth-order valence-corrected chi connectivity index (χ4v) is 5.21. The van der Waals surface area contributed by atoms with E-state index >= 15 is 0 Å². The van der Waals surface area contributed by atoms with Crippen molar-refractivity contribution in [2.75, 3.05) is 13.7 Å². The normalized spacial score (nSPS) is 25.2. The second-order valence-electron chi connectivity index (χ2n) is 11.3. The summed E-state index contributed by atoms with van der Waals surface area (Å²) in [6.07, 6.45) is -5.90. The number of esters is 1. The molecule has 0 aliphatic carbocycles. The summed E-state index contributed by atoms with van der Waals surface area (Å²) < 4.78 is 35.3. The third-order valence-corrected chi connectivity index (χ3v) is 7.83. The molecule has 258 valence electrons. The van der Waals surface area contributed by atoms with Gasteiger partial charge in [0.2, 0.25) is 17.7 Å². The first-order valence-electron chi connectivity index (χ1n) is 15.4. The van der Waals surface area contributed by atoms with Crippen LogP contribution in [0.1, 0.15) is 44.1 Å². The van der Waals surface area contributed by atoms with Crippen molar-refractivity contribution < 1.29 is 47.6 Å². The van der Waals surface area contributed by atoms with Crippen molar-refractivity contribution in [3.8, 4) is 0 Å². The van der Waals surface area contributed by atoms with E-state index in [4.69, 9.17) is 29.4 Å². The van der Waals surface area contributed by atoms with Gasteiger partial charge in [-0.05, 0) is 31.4 Å². The van der Waals surface area contributed by atoms with Crippen molar-refractivity contribution in [3.63, 3.8) is 0 Å². The van der Waals surface area contributed by atoms with Crippen LogP contribution in [0.2, 0.25) is 0 Å². The molecule has 2 aromatic carbocycles. The maximum Gasteiger partial charge on any atom is 0.305 e. The minimum absolute atomic E-state index is 0.0811. The minimum Gasteiger partial charge on any atom is -0.469 e. The molecule has 3 amide bonds. The average molecular weight is 669 g/mol. The van der Waals surface area contributed by atoms with Crippen LogP contribution in [0, 0.1) is 0 Å². The Hall–Kier alpha value is -4.57. The van der Waals surface area contributed by atoms with E-state index in [1.807, 2.05) is 60.7 Å². The van der Waals surface area contributed by atoms with Gasteiger partial charge in [-0.1, -0.05) is 65.8 Å². The predicted molar refractivity (Wildman–Crippen MR) is 167 cm³/mol. The van der Waals surface area contributed by atoms with E-state index in [0.717, 1.165) is 11.1 Å². The summed E-state index contributed by atoms with van der Waals surface area (Å²) in [6.45, 7) is 3.10. The van der Waals surface area contributed by atoms with Crippen LogP contribution in [-0.4, -0.2) is 86.2 Å². The lowest BCUT2D eigenvalue weighted by Crippen LogP contribution is -2.63. The Morgan fingerprint density at radius 2 is 1.71 bits per heavy atom. The van der Waals surface area contributed by atoms with Crippen molar-refractivity contribution in [3.05, 3.63) is 82.2 Å². The van der Waals surface area contributed by atoms with Crippen molar-refractivity contribution in [2.45, 2.75) is 88.4 Å². The maximum atomic E-state index is 13.3. The summed E-state index contributed by atoms with van der Waals surface area (Å²) in [4.78, 5) is 52.5. The molecule has 2 aliphatic heterocycles. The number of nitrogens with two attached hydrogens (primary N) is 1. The van der Waals surface area contributed by atoms with Gasteiger partial charge in [-0.2, -0.15) is 0 Å². The molecule has 2 aromatic rings. The van der Waals surface area contributed by atoms with E-state index in [2.05, 4.69) is 25.4 Å². The molecule has 2 saturated heterocycles. The van der Waals surface area contributed by atoms with Gasteiger partial charge in [0.15, 0.2) is 12.6 Å². The predicted octanol–water partition coefficient (Wildman–Crippen LogP) is 1.92. The lowest BCUT2D eigenvalue weighted by Gasteiger charge is -2.48. The fraction of sp³-hybridized carbons (Fsp3) is 0.500. The molecule has 16 nitrogen and oxygen atoms in total. The average Bonchev–Trinajstić information content (AvgIpc) is 3.10. The maximum absolute atomic E-state index is 13.3. The molecule has 0 spiro atoms. The molecule has 2 heterocycles. The smallest absolute Gasteiger partial charge is 0.305 e. The lowest BCUT2D eigenvalue weighted by molar-refractivity contribution is -0.349. The van der Waals surface area contributed by atoms with Crippen LogP contribution in [0.3, 0.4) is 0 Å². The number of hydrogen-bond acceptors (Lipinski definition) is 11. The number of benzene rings is 2. The van der Waals surface area contributed by atoms with Crippen molar-refractivity contribution in [2.24, 2.45) is 10.8 Å². The highest BCUT2D eigenvalue weighted by molar-refractivity contribution is 5.92. The number of hydrogen-bond donors (Lipinski definition) is 3. The Balaban J connectivity index is 1.48. The van der Waals surface area contributed by atoms with Crippen molar-refractivity contribution >= 4 is 23.7 Å². The third kappa shape index (κ3) is 9.73. The van der Waals surface area contributed by atoms with E-state index in [0.29, 0.717) is 0 Å². The zero-order chi connectivity index (χ0) is 34.6. The van der Waals surface area contributed by atoms with E-state index < -0.39 is 78.8 Å². The highest BCUT2D eigenvalue weighted by Gasteiger charge is 2.52. The molecule has 0 bridgehead atoms. The SMILES string of the molecule is COC(=O)CCC(NC(=O)C(C)NC(=O)C(C)O[C@@H]1[C@@H](N=[N+]=[N-])[C@@H](OCc2ccccc2)O[C@@H]2CO[C@H](c3ccccc3)O[C@@H]12)C(N)=O. The molecule has 48 heavy (non-hydrogen) atoms. The van der Waals surface area contributed by atoms with Gasteiger partial charge in [0.25, 0.3) is 0 Å². The number of carbonyl (C=O) groups is 4. The number of azide groups is 1. The molecule has 4 rings (SSSR count). The largest absolute Gasteiger partial charge is 0.469 e. The number of nitrogens with zero attached hydrogens (tertiary/aromatic N) is 3. The van der Waals surface area contributed by atoms with Gasteiger partial charge in [-0.25, -0.2) is 0 Å². The third-order valence-electron chi connectivity index (χ3n) is 7.83. The summed E-state index contributed by atoms with van der Waals surface area (Å²) in [5.41, 5.74) is 16.5. The van der Waals surface area contributed by atoms with Crippen LogP contribution in [-0.2, 0) is 54.2 Å². The molecule has 0 radical (unpaired) electrons. The fourth-order valence-electron chi connectivity index (χ4n) is 5.21. The van der Waals surface area contributed by atoms with Gasteiger partial charge in [-0.15, -0.1) is 0 Å². The molecule has 0 aromatic heterocycles. The Morgan fingerprint density at radius 3 is 2.35 bits per heavy atom. The number of carbonyl (C=O) groups excluding carboxylic acids is 4. The molecule has 9 atom stereocenters. The van der Waals surface area contributed by atoms with Crippen LogP contribution in [0.15, 0.2) is 65.8 Å². The number of fused-ring (bicyclic) bond motifs is 1. The molecule has 16 heteroatoms. The van der Waals surface area contributed by atoms with Gasteiger partial charge in [0.05, 0.1) is 20.3 Å². The monoisotopic (exact) mass is 668 g/mol. The number of rotatable bonds is 15. The van der Waals surface area contributed by atoms with Gasteiger partial charge >= 0.3 is 5.97 Å². The van der Waals surface area contributed by atoms with E-state index in [9.17, 15) is 24.7 Å². The van der Waals surface area contributed by atoms with Crippen LogP contribution in [0.5, 0.6) is 0 Å². The number of amides is 3. The Labute approximate surface area is 277 Å². The summed E-state index contributed by atoms with van der Waals surface area (Å²) >= 11 is 0. The second-order valence-corrected chi connectivity index (χ2v) is 11.3. The number of primary amides is 1. The zero-order valence-electron chi connectivity index (χ0n) is 26.8. The van der Waals surface area contributed by atoms with E-state index in [-0.39, 0.29) is 26.1 Å².